The molecule has 1 aliphatic rings. The lowest BCUT2D eigenvalue weighted by atomic mass is 10.1. The lowest BCUT2D eigenvalue weighted by molar-refractivity contribution is -0.297. The van der Waals surface area contributed by atoms with Gasteiger partial charge in [-0.3, -0.25) is 4.79 Å². The Kier molecular flexibility index (Phi) is 5.04. The third-order valence-corrected chi connectivity index (χ3v) is 4.37. The molecule has 1 aromatic carbocycles. The second-order valence-corrected chi connectivity index (χ2v) is 6.87. The van der Waals surface area contributed by atoms with E-state index in [4.69, 9.17) is 9.15 Å². The zero-order chi connectivity index (χ0) is 19.8. The van der Waals surface area contributed by atoms with Crippen LogP contribution in [-0.4, -0.2) is 33.6 Å². The highest BCUT2D eigenvalue weighted by molar-refractivity contribution is 9.10. The monoisotopic (exact) mass is 446 g/mol. The molecule has 1 atom stereocenters. The van der Waals surface area contributed by atoms with Crippen LogP contribution in [-0.2, 0) is 6.61 Å². The van der Waals surface area contributed by atoms with E-state index >= 15 is 0 Å². The Morgan fingerprint density at radius 3 is 2.63 bits per heavy atom. The molecule has 1 amide bonds. The SMILES string of the molecule is CC1=NN(C(=O)c2ccc(COc3ccc(Br)cc3)o2)[C@@](O)(C(F)(F)F)C1. The lowest BCUT2D eigenvalue weighted by Crippen LogP contribution is -2.56. The van der Waals surface area contributed by atoms with Crippen LogP contribution < -0.4 is 4.74 Å². The number of rotatable bonds is 4. The van der Waals surface area contributed by atoms with Crippen molar-refractivity contribution >= 4 is 27.5 Å². The maximum absolute atomic E-state index is 13.2. The third-order valence-electron chi connectivity index (χ3n) is 3.84. The van der Waals surface area contributed by atoms with E-state index in [1.54, 1.807) is 24.3 Å². The molecule has 0 saturated carbocycles. The first-order chi connectivity index (χ1) is 12.6. The lowest BCUT2D eigenvalue weighted by Gasteiger charge is -2.32. The third kappa shape index (κ3) is 3.86. The number of nitrogens with zero attached hydrogens (tertiary/aromatic N) is 2. The van der Waals surface area contributed by atoms with E-state index in [2.05, 4.69) is 21.0 Å². The molecule has 3 rings (SSSR count). The van der Waals surface area contributed by atoms with Crippen molar-refractivity contribution in [2.24, 2.45) is 5.10 Å². The summed E-state index contributed by atoms with van der Waals surface area (Å²) >= 11 is 3.29. The molecule has 6 nitrogen and oxygen atoms in total. The predicted molar refractivity (Wildman–Crippen MR) is 92.1 cm³/mol. The van der Waals surface area contributed by atoms with Crippen LogP contribution >= 0.6 is 15.9 Å². The van der Waals surface area contributed by atoms with Gasteiger partial charge >= 0.3 is 12.1 Å². The molecule has 0 saturated heterocycles. The molecule has 1 aliphatic heterocycles. The number of carbonyl (C=O) groups excluding carboxylic acids is 1. The Morgan fingerprint density at radius 1 is 1.33 bits per heavy atom. The molecule has 0 unspecified atom stereocenters. The van der Waals surface area contributed by atoms with Crippen LogP contribution in [0, 0.1) is 0 Å². The Morgan fingerprint density at radius 2 is 2.00 bits per heavy atom. The van der Waals surface area contributed by atoms with Crippen LogP contribution in [0.15, 0.2) is 50.4 Å². The van der Waals surface area contributed by atoms with Crippen molar-refractivity contribution in [1.29, 1.82) is 0 Å². The molecule has 27 heavy (non-hydrogen) atoms. The molecule has 1 N–H and O–H groups in total. The van der Waals surface area contributed by atoms with Crippen LogP contribution in [0.4, 0.5) is 13.2 Å². The molecular formula is C17H14BrF3N2O4. The van der Waals surface area contributed by atoms with Gasteiger partial charge in [-0.25, -0.2) is 0 Å². The molecule has 0 aliphatic carbocycles. The Labute approximate surface area is 160 Å². The van der Waals surface area contributed by atoms with Gasteiger partial charge in [0.15, 0.2) is 5.76 Å². The number of hydrogen-bond acceptors (Lipinski definition) is 5. The smallest absolute Gasteiger partial charge is 0.438 e. The van der Waals surface area contributed by atoms with Gasteiger partial charge in [0.1, 0.15) is 18.1 Å². The molecule has 2 aromatic rings. The summed E-state index contributed by atoms with van der Waals surface area (Å²) in [4.78, 5) is 12.4. The van der Waals surface area contributed by atoms with Gasteiger partial charge in [0.25, 0.3) is 5.72 Å². The minimum absolute atomic E-state index is 0.0144. The van der Waals surface area contributed by atoms with E-state index in [0.717, 1.165) is 4.47 Å². The molecule has 0 fully saturated rings. The summed E-state index contributed by atoms with van der Waals surface area (Å²) in [6.07, 6.45) is -5.88. The first-order valence-corrected chi connectivity index (χ1v) is 8.54. The normalized spacial score (nSPS) is 19.9. The van der Waals surface area contributed by atoms with Crippen molar-refractivity contribution in [2.45, 2.75) is 31.9 Å². The van der Waals surface area contributed by atoms with Gasteiger partial charge in [-0.2, -0.15) is 23.3 Å². The van der Waals surface area contributed by atoms with Gasteiger partial charge in [0.05, 0.1) is 0 Å². The van der Waals surface area contributed by atoms with Crippen molar-refractivity contribution < 1.29 is 32.2 Å². The molecule has 10 heteroatoms. The largest absolute Gasteiger partial charge is 0.486 e. The van der Waals surface area contributed by atoms with Gasteiger partial charge < -0.3 is 14.3 Å². The topological polar surface area (TPSA) is 75.3 Å². The fourth-order valence-corrected chi connectivity index (χ4v) is 2.78. The average Bonchev–Trinajstić information content (AvgIpc) is 3.18. The standard InChI is InChI=1S/C17H14BrF3N2O4/c1-10-8-16(25,17(19,20)21)23(22-10)15(24)14-7-6-13(27-14)9-26-12-4-2-11(18)3-5-12/h2-7,25H,8-9H2,1H3/t16-/m0/s1. The first-order valence-electron chi connectivity index (χ1n) is 7.75. The van der Waals surface area contributed by atoms with Crippen molar-refractivity contribution in [3.8, 4) is 5.75 Å². The van der Waals surface area contributed by atoms with Crippen LogP contribution in [0.25, 0.3) is 0 Å². The average molecular weight is 447 g/mol. The summed E-state index contributed by atoms with van der Waals surface area (Å²) in [5.74, 6) is -0.794. The number of benzene rings is 1. The van der Waals surface area contributed by atoms with E-state index < -0.39 is 24.2 Å². The number of halogens is 4. The minimum Gasteiger partial charge on any atom is -0.486 e. The highest BCUT2D eigenvalue weighted by Gasteiger charge is 2.63. The summed E-state index contributed by atoms with van der Waals surface area (Å²) in [5, 5.41) is 13.5. The number of alkyl halides is 3. The fraction of sp³-hybridized carbons (Fsp3) is 0.294. The highest BCUT2D eigenvalue weighted by Crippen LogP contribution is 2.40. The highest BCUT2D eigenvalue weighted by atomic mass is 79.9. The second-order valence-electron chi connectivity index (χ2n) is 5.95. The number of aliphatic hydroxyl groups is 1. The number of amides is 1. The van der Waals surface area contributed by atoms with E-state index in [-0.39, 0.29) is 28.8 Å². The molecule has 0 radical (unpaired) electrons. The van der Waals surface area contributed by atoms with Crippen LogP contribution in [0.3, 0.4) is 0 Å². The summed E-state index contributed by atoms with van der Waals surface area (Å²) in [5.41, 5.74) is -3.41. The Balaban J connectivity index is 1.73. The maximum atomic E-state index is 13.2. The maximum Gasteiger partial charge on any atom is 0.438 e. The van der Waals surface area contributed by atoms with Gasteiger partial charge in [-0.15, -0.1) is 0 Å². The van der Waals surface area contributed by atoms with Gasteiger partial charge in [-0.05, 0) is 43.3 Å². The Bertz CT molecular complexity index is 879. The molecular weight excluding hydrogens is 433 g/mol. The number of furan rings is 1. The van der Waals surface area contributed by atoms with Crippen molar-refractivity contribution in [3.05, 3.63) is 52.4 Å². The van der Waals surface area contributed by atoms with Gasteiger partial charge in [0.2, 0.25) is 0 Å². The predicted octanol–water partition coefficient (Wildman–Crippen LogP) is 4.09. The number of hydrogen-bond donors (Lipinski definition) is 1. The number of ether oxygens (including phenoxy) is 1. The first kappa shape index (κ1) is 19.4. The molecule has 0 spiro atoms. The van der Waals surface area contributed by atoms with Crippen LogP contribution in [0.5, 0.6) is 5.75 Å². The van der Waals surface area contributed by atoms with E-state index in [1.807, 2.05) is 0 Å². The zero-order valence-corrected chi connectivity index (χ0v) is 15.5. The second kappa shape index (κ2) is 7.01. The van der Waals surface area contributed by atoms with Crippen LogP contribution in [0.1, 0.15) is 29.7 Å². The van der Waals surface area contributed by atoms with Gasteiger partial charge in [-0.1, -0.05) is 15.9 Å². The van der Waals surface area contributed by atoms with Crippen molar-refractivity contribution in [1.82, 2.24) is 5.01 Å². The molecule has 2 heterocycles. The van der Waals surface area contributed by atoms with Crippen molar-refractivity contribution in [3.63, 3.8) is 0 Å². The zero-order valence-electron chi connectivity index (χ0n) is 14.0. The van der Waals surface area contributed by atoms with E-state index in [9.17, 15) is 23.1 Å². The molecule has 1 aromatic heterocycles. The fourth-order valence-electron chi connectivity index (χ4n) is 2.51. The number of hydrazone groups is 1. The summed E-state index contributed by atoms with van der Waals surface area (Å²) in [7, 11) is 0. The van der Waals surface area contributed by atoms with Crippen LogP contribution in [0.2, 0.25) is 0 Å². The minimum atomic E-state index is -5.07. The quantitative estimate of drug-likeness (QED) is 0.767. The van der Waals surface area contributed by atoms with E-state index in [0.29, 0.717) is 5.75 Å². The summed E-state index contributed by atoms with van der Waals surface area (Å²) < 4.78 is 51.3. The molecule has 144 valence electrons. The number of carbonyl (C=O) groups is 1. The summed E-state index contributed by atoms with van der Waals surface area (Å²) in [6.45, 7) is 1.27. The van der Waals surface area contributed by atoms with Crippen molar-refractivity contribution in [2.75, 3.05) is 0 Å². The molecule has 0 bridgehead atoms. The summed E-state index contributed by atoms with van der Waals surface area (Å²) in [6, 6.07) is 9.60. The van der Waals surface area contributed by atoms with E-state index in [1.165, 1.54) is 19.1 Å². The van der Waals surface area contributed by atoms with Gasteiger partial charge in [0, 0.05) is 16.6 Å². The Hall–Kier alpha value is -2.33.